The number of carbonyl (C=O) groups excluding carboxylic acids is 5. The van der Waals surface area contributed by atoms with Gasteiger partial charge in [-0.25, -0.2) is 9.10 Å². The van der Waals surface area contributed by atoms with Crippen LogP contribution in [0.5, 0.6) is 0 Å². The summed E-state index contributed by atoms with van der Waals surface area (Å²) in [6, 6.07) is -0.717. The molecule has 0 bridgehead atoms. The third-order valence-corrected chi connectivity index (χ3v) is 6.92. The average molecular weight is 488 g/mol. The molecule has 3 heterocycles. The van der Waals surface area contributed by atoms with Gasteiger partial charge in [0.2, 0.25) is 5.91 Å². The highest BCUT2D eigenvalue weighted by Gasteiger charge is 2.46. The predicted molar refractivity (Wildman–Crippen MR) is 109 cm³/mol. The largest absolute Gasteiger partial charge is 0.362 e. The SMILES string of the molecule is CCN1C(=O)C(=O)N(C(=O)NC(C(=O)NC2CN(S(=O)(=O)O)C2=O)c2cccs2)CC1C. The van der Waals surface area contributed by atoms with Gasteiger partial charge in [0.1, 0.15) is 12.1 Å². The number of likely N-dealkylation sites (N-methyl/N-ethyl adjacent to an activating group) is 1. The van der Waals surface area contributed by atoms with E-state index in [0.29, 0.717) is 11.4 Å². The Morgan fingerprint density at radius 1 is 1.25 bits per heavy atom. The molecule has 3 rings (SSSR count). The van der Waals surface area contributed by atoms with Gasteiger partial charge in [-0.05, 0) is 25.3 Å². The van der Waals surface area contributed by atoms with Crippen molar-refractivity contribution in [3.8, 4) is 0 Å². The van der Waals surface area contributed by atoms with Crippen LogP contribution in [-0.4, -0.2) is 88.5 Å². The lowest BCUT2D eigenvalue weighted by molar-refractivity contribution is -0.156. The summed E-state index contributed by atoms with van der Waals surface area (Å²) in [5.41, 5.74) is 0. The van der Waals surface area contributed by atoms with E-state index in [0.717, 1.165) is 16.2 Å². The second kappa shape index (κ2) is 8.84. The molecule has 0 aromatic carbocycles. The summed E-state index contributed by atoms with van der Waals surface area (Å²) in [7, 11) is -4.72. The summed E-state index contributed by atoms with van der Waals surface area (Å²) < 4.78 is 31.2. The standard InChI is InChI=1S/C17H21N5O8S2/c1-3-20-9(2)7-21(16(26)15(20)25)17(27)19-12(11-5-4-6-31-11)13(23)18-10-8-22(14(10)24)32(28,29)30/h4-6,9-10,12H,3,7-8H2,1-2H3,(H,18,23)(H,19,27)(H,28,29,30). The lowest BCUT2D eigenvalue weighted by Crippen LogP contribution is -2.66. The molecular weight excluding hydrogens is 466 g/mol. The Bertz CT molecular complexity index is 1060. The first-order chi connectivity index (χ1) is 15.0. The summed E-state index contributed by atoms with van der Waals surface area (Å²) in [6.45, 7) is 3.17. The van der Waals surface area contributed by atoms with Crippen LogP contribution in [0.4, 0.5) is 4.79 Å². The second-order valence-electron chi connectivity index (χ2n) is 7.16. The maximum atomic E-state index is 12.8. The van der Waals surface area contributed by atoms with E-state index >= 15 is 0 Å². The van der Waals surface area contributed by atoms with Crippen molar-refractivity contribution in [2.75, 3.05) is 19.6 Å². The molecule has 3 atom stereocenters. The first-order valence-corrected chi connectivity index (χ1v) is 11.8. The summed E-state index contributed by atoms with van der Waals surface area (Å²) in [5, 5.41) is 6.37. The van der Waals surface area contributed by atoms with E-state index in [4.69, 9.17) is 4.55 Å². The van der Waals surface area contributed by atoms with Crippen molar-refractivity contribution in [2.45, 2.75) is 32.0 Å². The number of urea groups is 1. The molecule has 1 aromatic heterocycles. The molecule has 1 aromatic rings. The molecule has 32 heavy (non-hydrogen) atoms. The summed E-state index contributed by atoms with van der Waals surface area (Å²) >= 11 is 1.13. The zero-order valence-electron chi connectivity index (χ0n) is 17.0. The van der Waals surface area contributed by atoms with E-state index in [9.17, 15) is 32.4 Å². The number of nitrogens with zero attached hydrogens (tertiary/aromatic N) is 3. The minimum Gasteiger partial charge on any atom is -0.340 e. The first kappa shape index (κ1) is 23.6. The Hall–Kier alpha value is -3.04. The molecule has 2 aliphatic heterocycles. The third kappa shape index (κ3) is 4.44. The summed E-state index contributed by atoms with van der Waals surface area (Å²) in [6.07, 6.45) is 0. The monoisotopic (exact) mass is 487 g/mol. The fourth-order valence-corrected chi connectivity index (χ4v) is 4.87. The van der Waals surface area contributed by atoms with Crippen molar-refractivity contribution in [1.82, 2.24) is 24.7 Å². The van der Waals surface area contributed by atoms with E-state index in [1.54, 1.807) is 31.4 Å². The van der Waals surface area contributed by atoms with Crippen LogP contribution in [0.1, 0.15) is 24.8 Å². The molecule has 0 radical (unpaired) electrons. The highest BCUT2D eigenvalue weighted by Crippen LogP contribution is 2.22. The minimum atomic E-state index is -4.72. The Morgan fingerprint density at radius 2 is 1.94 bits per heavy atom. The molecule has 2 fully saturated rings. The number of hydrogen-bond acceptors (Lipinski definition) is 8. The van der Waals surface area contributed by atoms with Gasteiger partial charge in [0, 0.05) is 17.5 Å². The van der Waals surface area contributed by atoms with Gasteiger partial charge in [-0.3, -0.25) is 28.6 Å². The summed E-state index contributed by atoms with van der Waals surface area (Å²) in [5.74, 6) is -3.70. The molecule has 2 saturated heterocycles. The zero-order chi connectivity index (χ0) is 23.8. The number of rotatable bonds is 6. The van der Waals surface area contributed by atoms with Crippen molar-refractivity contribution in [2.24, 2.45) is 0 Å². The van der Waals surface area contributed by atoms with Crippen LogP contribution in [0.3, 0.4) is 0 Å². The first-order valence-electron chi connectivity index (χ1n) is 9.51. The smallest absolute Gasteiger partial charge is 0.340 e. The van der Waals surface area contributed by atoms with Crippen molar-refractivity contribution < 1.29 is 36.9 Å². The zero-order valence-corrected chi connectivity index (χ0v) is 18.7. The number of amides is 6. The van der Waals surface area contributed by atoms with Crippen LogP contribution in [-0.2, 0) is 29.5 Å². The van der Waals surface area contributed by atoms with E-state index in [1.165, 1.54) is 4.90 Å². The van der Waals surface area contributed by atoms with Gasteiger partial charge in [0.15, 0.2) is 0 Å². The van der Waals surface area contributed by atoms with Crippen molar-refractivity contribution in [1.29, 1.82) is 0 Å². The van der Waals surface area contributed by atoms with Crippen molar-refractivity contribution in [3.63, 3.8) is 0 Å². The second-order valence-corrected chi connectivity index (χ2v) is 9.48. The molecule has 2 aliphatic rings. The number of piperazine rings is 1. The van der Waals surface area contributed by atoms with Gasteiger partial charge in [0.05, 0.1) is 13.1 Å². The maximum absolute atomic E-state index is 12.8. The Morgan fingerprint density at radius 3 is 2.47 bits per heavy atom. The molecule has 15 heteroatoms. The van der Waals surface area contributed by atoms with Gasteiger partial charge in [-0.2, -0.15) is 8.42 Å². The number of hydrogen-bond donors (Lipinski definition) is 3. The van der Waals surface area contributed by atoms with Gasteiger partial charge >= 0.3 is 28.1 Å². The maximum Gasteiger partial charge on any atom is 0.362 e. The Kier molecular flexibility index (Phi) is 6.52. The molecule has 13 nitrogen and oxygen atoms in total. The van der Waals surface area contributed by atoms with Crippen LogP contribution in [0.2, 0.25) is 0 Å². The molecule has 6 amide bonds. The van der Waals surface area contributed by atoms with Crippen LogP contribution >= 0.6 is 11.3 Å². The lowest BCUT2D eigenvalue weighted by Gasteiger charge is -2.38. The molecule has 174 valence electrons. The quantitative estimate of drug-likeness (QED) is 0.252. The van der Waals surface area contributed by atoms with Crippen molar-refractivity contribution >= 4 is 51.3 Å². The van der Waals surface area contributed by atoms with E-state index in [-0.39, 0.29) is 10.8 Å². The third-order valence-electron chi connectivity index (χ3n) is 5.10. The predicted octanol–water partition coefficient (Wildman–Crippen LogP) is -1.29. The molecule has 0 aliphatic carbocycles. The molecule has 0 spiro atoms. The normalized spacial score (nSPS) is 22.5. The number of carbonyl (C=O) groups is 5. The fraction of sp³-hybridized carbons (Fsp3) is 0.471. The van der Waals surface area contributed by atoms with E-state index < -0.39 is 64.6 Å². The topological polar surface area (TPSA) is 173 Å². The Labute approximate surface area is 187 Å². The molecular formula is C17H21N5O8S2. The summed E-state index contributed by atoms with van der Waals surface area (Å²) in [4.78, 5) is 64.5. The highest BCUT2D eigenvalue weighted by atomic mass is 32.2. The van der Waals surface area contributed by atoms with Gasteiger partial charge < -0.3 is 15.5 Å². The number of nitrogens with one attached hydrogen (secondary N) is 2. The molecule has 3 N–H and O–H groups in total. The molecule has 0 saturated carbocycles. The van der Waals surface area contributed by atoms with Gasteiger partial charge in [-0.1, -0.05) is 6.07 Å². The van der Waals surface area contributed by atoms with Crippen LogP contribution in [0.25, 0.3) is 0 Å². The average Bonchev–Trinajstić information content (AvgIpc) is 3.24. The minimum absolute atomic E-state index is 0.0620. The van der Waals surface area contributed by atoms with E-state index in [1.807, 2.05) is 0 Å². The van der Waals surface area contributed by atoms with Crippen LogP contribution < -0.4 is 10.6 Å². The highest BCUT2D eigenvalue weighted by molar-refractivity contribution is 7.84. The van der Waals surface area contributed by atoms with Crippen LogP contribution in [0, 0.1) is 0 Å². The number of β-lactam (4-membered cyclic amide) rings is 1. The fourth-order valence-electron chi connectivity index (χ4n) is 3.40. The number of thiophene rings is 1. The molecule has 3 unspecified atom stereocenters. The van der Waals surface area contributed by atoms with Gasteiger partial charge in [0.25, 0.3) is 5.91 Å². The van der Waals surface area contributed by atoms with Gasteiger partial charge in [-0.15, -0.1) is 11.3 Å². The number of imide groups is 1. The Balaban J connectivity index is 1.73. The van der Waals surface area contributed by atoms with E-state index in [2.05, 4.69) is 10.6 Å². The van der Waals surface area contributed by atoms with Crippen LogP contribution in [0.15, 0.2) is 17.5 Å². The van der Waals surface area contributed by atoms with Crippen molar-refractivity contribution in [3.05, 3.63) is 22.4 Å². The lowest BCUT2D eigenvalue weighted by atomic mass is 10.1.